The third kappa shape index (κ3) is 7.74. The van der Waals surface area contributed by atoms with Crippen molar-refractivity contribution in [1.29, 1.82) is 0 Å². The third-order valence-corrected chi connectivity index (χ3v) is 6.57. The largest absolute Gasteiger partial charge is 0.444 e. The number of hydrogen-bond acceptors (Lipinski definition) is 4. The average Bonchev–Trinajstić information content (AvgIpc) is 2.77. The maximum Gasteiger partial charge on any atom is 0.408 e. The summed E-state index contributed by atoms with van der Waals surface area (Å²) in [7, 11) is 1.64. The fourth-order valence-corrected chi connectivity index (χ4v) is 4.41. The molecule has 1 fully saturated rings. The SMILES string of the molecule is CCC(C)C(NC(=O)OC(C)(C)C)C(=O)N(C)C(C(=O)NC1CCCCC1)c1ccccc1C. The summed E-state index contributed by atoms with van der Waals surface area (Å²) in [5.74, 6) is -0.633. The highest BCUT2D eigenvalue weighted by Crippen LogP contribution is 2.27. The van der Waals surface area contributed by atoms with Gasteiger partial charge in [0.15, 0.2) is 0 Å². The molecular weight excluding hydrogens is 430 g/mol. The second kappa shape index (κ2) is 12.2. The Hall–Kier alpha value is -2.57. The molecule has 0 heterocycles. The fraction of sp³-hybridized carbons (Fsp3) is 0.667. The van der Waals surface area contributed by atoms with Crippen LogP contribution < -0.4 is 10.6 Å². The first kappa shape index (κ1) is 27.7. The van der Waals surface area contributed by atoms with Gasteiger partial charge in [-0.2, -0.15) is 0 Å². The van der Waals surface area contributed by atoms with E-state index >= 15 is 0 Å². The van der Waals surface area contributed by atoms with E-state index in [4.69, 9.17) is 4.74 Å². The van der Waals surface area contributed by atoms with Crippen LogP contribution in [0.15, 0.2) is 24.3 Å². The summed E-state index contributed by atoms with van der Waals surface area (Å²) in [5, 5.41) is 5.95. The molecule has 0 aromatic heterocycles. The third-order valence-electron chi connectivity index (χ3n) is 6.57. The van der Waals surface area contributed by atoms with Crippen LogP contribution in [0.1, 0.15) is 90.3 Å². The van der Waals surface area contributed by atoms with E-state index in [1.165, 1.54) is 11.3 Å². The van der Waals surface area contributed by atoms with Crippen LogP contribution in [0.3, 0.4) is 0 Å². The number of amides is 3. The Morgan fingerprint density at radius 2 is 1.74 bits per heavy atom. The molecule has 0 aliphatic heterocycles. The number of rotatable bonds is 8. The van der Waals surface area contributed by atoms with Crippen LogP contribution in [-0.2, 0) is 14.3 Å². The maximum atomic E-state index is 13.7. The molecule has 7 heteroatoms. The fourth-order valence-electron chi connectivity index (χ4n) is 4.41. The van der Waals surface area contributed by atoms with E-state index in [1.54, 1.807) is 27.8 Å². The molecule has 0 spiro atoms. The Morgan fingerprint density at radius 1 is 1.12 bits per heavy atom. The summed E-state index contributed by atoms with van der Waals surface area (Å²) < 4.78 is 5.40. The van der Waals surface area contributed by atoms with Crippen molar-refractivity contribution in [2.24, 2.45) is 5.92 Å². The number of alkyl carbamates (subject to hydrolysis) is 1. The lowest BCUT2D eigenvalue weighted by atomic mass is 9.93. The van der Waals surface area contributed by atoms with E-state index in [-0.39, 0.29) is 23.8 Å². The number of hydrogen-bond donors (Lipinski definition) is 2. The number of carbonyl (C=O) groups excluding carboxylic acids is 3. The van der Waals surface area contributed by atoms with Gasteiger partial charge < -0.3 is 20.3 Å². The molecule has 0 saturated heterocycles. The van der Waals surface area contributed by atoms with E-state index in [9.17, 15) is 14.4 Å². The van der Waals surface area contributed by atoms with Gasteiger partial charge >= 0.3 is 6.09 Å². The second-order valence-electron chi connectivity index (χ2n) is 10.6. The van der Waals surface area contributed by atoms with Gasteiger partial charge in [-0.25, -0.2) is 4.79 Å². The molecule has 3 amide bonds. The van der Waals surface area contributed by atoms with Crippen LogP contribution in [0.2, 0.25) is 0 Å². The topological polar surface area (TPSA) is 87.7 Å². The van der Waals surface area contributed by atoms with Crippen molar-refractivity contribution in [3.8, 4) is 0 Å². The molecule has 2 rings (SSSR count). The number of benzene rings is 1. The molecule has 1 aromatic rings. The normalized spacial score (nSPS) is 17.3. The maximum absolute atomic E-state index is 13.7. The lowest BCUT2D eigenvalue weighted by Gasteiger charge is -2.35. The van der Waals surface area contributed by atoms with Gasteiger partial charge in [0, 0.05) is 13.1 Å². The minimum absolute atomic E-state index is 0.126. The lowest BCUT2D eigenvalue weighted by Crippen LogP contribution is -2.54. The van der Waals surface area contributed by atoms with Crippen molar-refractivity contribution in [2.75, 3.05) is 7.05 Å². The number of aryl methyl sites for hydroxylation is 1. The van der Waals surface area contributed by atoms with E-state index in [2.05, 4.69) is 10.6 Å². The molecular formula is C27H43N3O4. The zero-order valence-corrected chi connectivity index (χ0v) is 21.9. The molecule has 0 bridgehead atoms. The van der Waals surface area contributed by atoms with Crippen LogP contribution in [0.5, 0.6) is 0 Å². The number of carbonyl (C=O) groups is 3. The van der Waals surface area contributed by atoms with Gasteiger partial charge in [-0.1, -0.05) is 63.8 Å². The summed E-state index contributed by atoms with van der Waals surface area (Å²) in [5.41, 5.74) is 1.04. The molecule has 1 aliphatic rings. The van der Waals surface area contributed by atoms with E-state index in [0.717, 1.165) is 36.8 Å². The molecule has 0 radical (unpaired) electrons. The Morgan fingerprint density at radius 3 is 2.29 bits per heavy atom. The minimum atomic E-state index is -0.807. The highest BCUT2D eigenvalue weighted by molar-refractivity contribution is 5.92. The van der Waals surface area contributed by atoms with Crippen LogP contribution in [0, 0.1) is 12.8 Å². The van der Waals surface area contributed by atoms with Gasteiger partial charge in [0.1, 0.15) is 17.7 Å². The standard InChI is InChI=1S/C27H43N3O4/c1-8-18(2)22(29-26(33)34-27(4,5)6)25(32)30(7)23(21-17-13-12-14-19(21)3)24(31)28-20-15-10-9-11-16-20/h12-14,17-18,20,22-23H,8-11,15-16H2,1-7H3,(H,28,31)(H,29,33). The van der Waals surface area contributed by atoms with Crippen molar-refractivity contribution in [1.82, 2.24) is 15.5 Å². The van der Waals surface area contributed by atoms with E-state index < -0.39 is 23.8 Å². The highest BCUT2D eigenvalue weighted by atomic mass is 16.6. The molecule has 1 aromatic carbocycles. The summed E-state index contributed by atoms with van der Waals surface area (Å²) in [4.78, 5) is 41.3. The van der Waals surface area contributed by atoms with Gasteiger partial charge in [0.2, 0.25) is 11.8 Å². The molecule has 1 aliphatic carbocycles. The predicted molar refractivity (Wildman–Crippen MR) is 134 cm³/mol. The predicted octanol–water partition coefficient (Wildman–Crippen LogP) is 4.88. The van der Waals surface area contributed by atoms with Gasteiger partial charge in [0.25, 0.3) is 0 Å². The van der Waals surface area contributed by atoms with Gasteiger partial charge in [-0.3, -0.25) is 9.59 Å². The molecule has 7 nitrogen and oxygen atoms in total. The highest BCUT2D eigenvalue weighted by Gasteiger charge is 2.37. The molecule has 3 atom stereocenters. The van der Waals surface area contributed by atoms with Crippen molar-refractivity contribution >= 4 is 17.9 Å². The number of nitrogens with zero attached hydrogens (tertiary/aromatic N) is 1. The van der Waals surface area contributed by atoms with Crippen LogP contribution in [-0.4, -0.2) is 47.5 Å². The van der Waals surface area contributed by atoms with Crippen molar-refractivity contribution in [3.63, 3.8) is 0 Å². The summed E-state index contributed by atoms with van der Waals surface area (Å²) in [6.07, 6.45) is 5.36. The number of ether oxygens (including phenoxy) is 1. The van der Waals surface area contributed by atoms with Crippen LogP contribution in [0.25, 0.3) is 0 Å². The first-order valence-corrected chi connectivity index (χ1v) is 12.6. The van der Waals surface area contributed by atoms with Crippen molar-refractivity contribution in [3.05, 3.63) is 35.4 Å². The van der Waals surface area contributed by atoms with Gasteiger partial charge in [-0.05, 0) is 57.6 Å². The molecule has 1 saturated carbocycles. The van der Waals surface area contributed by atoms with Gasteiger partial charge in [-0.15, -0.1) is 0 Å². The lowest BCUT2D eigenvalue weighted by molar-refractivity contribution is -0.142. The Labute approximate surface area is 205 Å². The first-order valence-electron chi connectivity index (χ1n) is 12.6. The van der Waals surface area contributed by atoms with E-state index in [0.29, 0.717) is 6.42 Å². The molecule has 34 heavy (non-hydrogen) atoms. The van der Waals surface area contributed by atoms with E-state index in [1.807, 2.05) is 45.0 Å². The summed E-state index contributed by atoms with van der Waals surface area (Å²) in [6.45, 7) is 11.2. The quantitative estimate of drug-likeness (QED) is 0.563. The zero-order chi connectivity index (χ0) is 25.5. The Kier molecular flexibility index (Phi) is 9.95. The number of likely N-dealkylation sites (N-methyl/N-ethyl adjacent to an activating group) is 1. The van der Waals surface area contributed by atoms with Crippen molar-refractivity contribution in [2.45, 2.75) is 104 Å². The van der Waals surface area contributed by atoms with Crippen LogP contribution in [0.4, 0.5) is 4.79 Å². The Bertz CT molecular complexity index is 843. The minimum Gasteiger partial charge on any atom is -0.444 e. The van der Waals surface area contributed by atoms with Gasteiger partial charge in [0.05, 0.1) is 0 Å². The zero-order valence-electron chi connectivity index (χ0n) is 21.9. The Balaban J connectivity index is 2.33. The number of nitrogens with one attached hydrogen (secondary N) is 2. The smallest absolute Gasteiger partial charge is 0.408 e. The monoisotopic (exact) mass is 473 g/mol. The second-order valence-corrected chi connectivity index (χ2v) is 10.6. The molecule has 190 valence electrons. The van der Waals surface area contributed by atoms with Crippen LogP contribution >= 0.6 is 0 Å². The first-order chi connectivity index (χ1) is 15.9. The molecule has 2 N–H and O–H groups in total. The average molecular weight is 474 g/mol. The summed E-state index contributed by atoms with van der Waals surface area (Å²) in [6, 6.07) is 6.17. The summed E-state index contributed by atoms with van der Waals surface area (Å²) >= 11 is 0. The molecule has 3 unspecified atom stereocenters. The van der Waals surface area contributed by atoms with Crippen molar-refractivity contribution < 1.29 is 19.1 Å².